The summed E-state index contributed by atoms with van der Waals surface area (Å²) in [6.45, 7) is 0.0273. The third kappa shape index (κ3) is 4.06. The molecule has 4 rings (SSSR count). The van der Waals surface area contributed by atoms with Gasteiger partial charge < -0.3 is 14.2 Å². The van der Waals surface area contributed by atoms with Crippen molar-refractivity contribution < 1.29 is 27.4 Å². The smallest absolute Gasteiger partial charge is 0.269 e. The van der Waals surface area contributed by atoms with Gasteiger partial charge in [0.2, 0.25) is 0 Å². The van der Waals surface area contributed by atoms with Gasteiger partial charge in [-0.15, -0.1) is 11.3 Å². The lowest BCUT2D eigenvalue weighted by atomic mass is 10.2. The van der Waals surface area contributed by atoms with Gasteiger partial charge in [-0.1, -0.05) is 11.6 Å². The number of nitrogens with zero attached hydrogens (tertiary/aromatic N) is 2. The van der Waals surface area contributed by atoms with Gasteiger partial charge in [-0.25, -0.2) is 17.7 Å². The number of carbonyl (C=O) groups excluding carboxylic acids is 1. The first-order chi connectivity index (χ1) is 14.8. The molecule has 0 saturated heterocycles. The molecule has 0 fully saturated rings. The third-order valence-electron chi connectivity index (χ3n) is 4.59. The molecule has 1 aliphatic heterocycles. The van der Waals surface area contributed by atoms with Crippen molar-refractivity contribution in [3.05, 3.63) is 63.1 Å². The van der Waals surface area contributed by atoms with E-state index in [2.05, 4.69) is 4.98 Å². The van der Waals surface area contributed by atoms with Crippen LogP contribution in [0.1, 0.15) is 21.1 Å². The minimum atomic E-state index is -4.03. The van der Waals surface area contributed by atoms with Crippen molar-refractivity contribution >= 4 is 38.9 Å². The molecule has 1 amide bonds. The number of benzene rings is 2. The number of fused-ring (bicyclic) bond motifs is 1. The first-order valence-electron chi connectivity index (χ1n) is 8.98. The average Bonchev–Trinajstić information content (AvgIpc) is 3.29. The minimum absolute atomic E-state index is 0.0409. The Hall–Kier alpha value is -2.82. The fourth-order valence-corrected chi connectivity index (χ4v) is 5.43. The van der Waals surface area contributed by atoms with Crippen molar-refractivity contribution in [3.63, 3.8) is 0 Å². The van der Waals surface area contributed by atoms with E-state index in [9.17, 15) is 13.2 Å². The van der Waals surface area contributed by atoms with E-state index in [4.69, 9.17) is 25.8 Å². The molecular formula is C20H17ClN2O6S2. The summed E-state index contributed by atoms with van der Waals surface area (Å²) in [5.41, 5.74) is 0.488. The van der Waals surface area contributed by atoms with Gasteiger partial charge in [-0.2, -0.15) is 0 Å². The second kappa shape index (κ2) is 8.37. The molecule has 31 heavy (non-hydrogen) atoms. The van der Waals surface area contributed by atoms with Gasteiger partial charge in [0, 0.05) is 16.5 Å². The van der Waals surface area contributed by atoms with Crippen LogP contribution in [0.5, 0.6) is 17.2 Å². The fourth-order valence-electron chi connectivity index (χ4n) is 3.07. The van der Waals surface area contributed by atoms with E-state index in [1.807, 2.05) is 0 Å². The molecule has 0 unspecified atom stereocenters. The number of carbonyl (C=O) groups is 1. The number of ether oxygens (including phenoxy) is 3. The van der Waals surface area contributed by atoms with Crippen molar-refractivity contribution in [2.75, 3.05) is 14.2 Å². The number of aromatic nitrogens is 1. The lowest BCUT2D eigenvalue weighted by molar-refractivity contribution is 0.0863. The largest absolute Gasteiger partial charge is 0.493 e. The topological polar surface area (TPSA) is 95.0 Å². The molecule has 162 valence electrons. The normalized spacial score (nSPS) is 14.4. The predicted octanol–water partition coefficient (Wildman–Crippen LogP) is 3.74. The van der Waals surface area contributed by atoms with Crippen LogP contribution >= 0.6 is 22.9 Å². The lowest BCUT2D eigenvalue weighted by Gasteiger charge is -2.13. The summed E-state index contributed by atoms with van der Waals surface area (Å²) >= 11 is 7.17. The fraction of sp³-hybridized carbons (Fsp3) is 0.200. The monoisotopic (exact) mass is 480 g/mol. The van der Waals surface area contributed by atoms with Crippen LogP contribution in [0.4, 0.5) is 0 Å². The zero-order valence-corrected chi connectivity index (χ0v) is 18.9. The van der Waals surface area contributed by atoms with Crippen LogP contribution in [-0.4, -0.2) is 37.8 Å². The summed E-state index contributed by atoms with van der Waals surface area (Å²) in [6, 6.07) is 9.60. The van der Waals surface area contributed by atoms with E-state index in [0.29, 0.717) is 21.5 Å². The van der Waals surface area contributed by atoms with E-state index < -0.39 is 15.9 Å². The number of sulfonamides is 1. The highest BCUT2D eigenvalue weighted by Gasteiger charge is 2.42. The van der Waals surface area contributed by atoms with Gasteiger partial charge >= 0.3 is 0 Å². The van der Waals surface area contributed by atoms with Crippen LogP contribution in [0.3, 0.4) is 0 Å². The van der Waals surface area contributed by atoms with Crippen LogP contribution in [0.25, 0.3) is 0 Å². The van der Waals surface area contributed by atoms with Crippen molar-refractivity contribution in [2.45, 2.75) is 18.0 Å². The Morgan fingerprint density at radius 1 is 1.10 bits per heavy atom. The number of thiazole rings is 1. The van der Waals surface area contributed by atoms with E-state index in [0.717, 1.165) is 4.31 Å². The Bertz CT molecular complexity index is 1240. The van der Waals surface area contributed by atoms with Crippen LogP contribution in [0, 0.1) is 0 Å². The molecule has 1 aromatic heterocycles. The number of methoxy groups -OCH3 is 2. The number of hydrogen-bond acceptors (Lipinski definition) is 8. The van der Waals surface area contributed by atoms with Gasteiger partial charge in [-0.3, -0.25) is 4.79 Å². The quantitative estimate of drug-likeness (QED) is 0.508. The summed E-state index contributed by atoms with van der Waals surface area (Å²) in [6.07, 6.45) is 0. The molecule has 3 aromatic rings. The Morgan fingerprint density at radius 3 is 2.45 bits per heavy atom. The van der Waals surface area contributed by atoms with Crippen LogP contribution in [0.15, 0.2) is 46.7 Å². The van der Waals surface area contributed by atoms with Crippen molar-refractivity contribution in [2.24, 2.45) is 0 Å². The maximum atomic E-state index is 13.0. The summed E-state index contributed by atoms with van der Waals surface area (Å²) in [4.78, 5) is 17.1. The highest BCUT2D eigenvalue weighted by molar-refractivity contribution is 7.90. The Kier molecular flexibility index (Phi) is 5.78. The van der Waals surface area contributed by atoms with Crippen molar-refractivity contribution in [1.29, 1.82) is 0 Å². The first kappa shape index (κ1) is 21.4. The molecule has 8 nitrogen and oxygen atoms in total. The van der Waals surface area contributed by atoms with Crippen LogP contribution in [-0.2, 0) is 23.2 Å². The highest BCUT2D eigenvalue weighted by atomic mass is 35.5. The SMILES string of the molecule is COc1cc2c(cc1OC)S(=O)(=O)N(Cc1csc(COc3ccc(Cl)cc3)n1)C2=O. The molecule has 0 bridgehead atoms. The molecule has 0 spiro atoms. The Morgan fingerprint density at radius 2 is 1.77 bits per heavy atom. The summed E-state index contributed by atoms with van der Waals surface area (Å²) in [5, 5.41) is 2.96. The summed E-state index contributed by atoms with van der Waals surface area (Å²) in [5.74, 6) is 0.511. The number of halogens is 1. The van der Waals surface area contributed by atoms with Gasteiger partial charge in [0.15, 0.2) is 11.5 Å². The number of rotatable bonds is 7. The third-order valence-corrected chi connectivity index (χ3v) is 7.48. The van der Waals surface area contributed by atoms with E-state index in [1.54, 1.807) is 29.6 Å². The van der Waals surface area contributed by atoms with E-state index >= 15 is 0 Å². The maximum absolute atomic E-state index is 13.0. The molecular weight excluding hydrogens is 464 g/mol. The summed E-state index contributed by atoms with van der Waals surface area (Å²) in [7, 11) is -1.22. The average molecular weight is 481 g/mol. The first-order valence-corrected chi connectivity index (χ1v) is 11.7. The second-order valence-corrected chi connectivity index (χ2v) is 9.71. The predicted molar refractivity (Wildman–Crippen MR) is 115 cm³/mol. The van der Waals surface area contributed by atoms with E-state index in [-0.39, 0.29) is 35.1 Å². The molecule has 0 atom stereocenters. The van der Waals surface area contributed by atoms with Gasteiger partial charge in [0.05, 0.1) is 32.0 Å². The molecule has 0 saturated carbocycles. The zero-order valence-electron chi connectivity index (χ0n) is 16.5. The molecule has 1 aliphatic rings. The maximum Gasteiger partial charge on any atom is 0.269 e. The molecule has 0 N–H and O–H groups in total. The number of hydrogen-bond donors (Lipinski definition) is 0. The highest BCUT2D eigenvalue weighted by Crippen LogP contribution is 2.39. The Balaban J connectivity index is 1.52. The van der Waals surface area contributed by atoms with Gasteiger partial charge in [-0.05, 0) is 30.3 Å². The summed E-state index contributed by atoms with van der Waals surface area (Å²) < 4.78 is 42.7. The Labute approximate surface area is 188 Å². The molecule has 2 heterocycles. The van der Waals surface area contributed by atoms with Crippen LogP contribution < -0.4 is 14.2 Å². The molecule has 11 heteroatoms. The standard InChI is InChI=1S/C20H17ClN2O6S2/c1-27-16-7-15-18(8-17(16)28-2)31(25,26)23(20(15)24)9-13-11-30-19(22-13)10-29-14-5-3-12(21)4-6-14/h3-8,11H,9-10H2,1-2H3. The minimum Gasteiger partial charge on any atom is -0.493 e. The zero-order chi connectivity index (χ0) is 22.2. The van der Waals surface area contributed by atoms with Crippen molar-refractivity contribution in [3.8, 4) is 17.2 Å². The van der Waals surface area contributed by atoms with Gasteiger partial charge in [0.1, 0.15) is 22.3 Å². The van der Waals surface area contributed by atoms with E-state index in [1.165, 1.54) is 37.7 Å². The van der Waals surface area contributed by atoms with Crippen LogP contribution in [0.2, 0.25) is 5.02 Å². The number of amides is 1. The molecule has 2 aromatic carbocycles. The van der Waals surface area contributed by atoms with Crippen molar-refractivity contribution in [1.82, 2.24) is 9.29 Å². The molecule has 0 aliphatic carbocycles. The van der Waals surface area contributed by atoms with Gasteiger partial charge in [0.25, 0.3) is 15.9 Å². The lowest BCUT2D eigenvalue weighted by Crippen LogP contribution is -2.29. The molecule has 0 radical (unpaired) electrons. The second-order valence-electron chi connectivity index (χ2n) is 6.50.